The van der Waals surface area contributed by atoms with Gasteiger partial charge in [-0.2, -0.15) is 0 Å². The zero-order valence-corrected chi connectivity index (χ0v) is 20.1. The predicted octanol–water partition coefficient (Wildman–Crippen LogP) is 3.20. The molecule has 3 amide bonds. The first-order valence-corrected chi connectivity index (χ1v) is 11.7. The molecule has 0 spiro atoms. The van der Waals surface area contributed by atoms with E-state index in [0.29, 0.717) is 22.9 Å². The van der Waals surface area contributed by atoms with Crippen LogP contribution in [0.4, 0.5) is 11.4 Å². The van der Waals surface area contributed by atoms with Gasteiger partial charge in [-0.05, 0) is 61.6 Å². The van der Waals surface area contributed by atoms with Gasteiger partial charge in [0.1, 0.15) is 11.5 Å². The van der Waals surface area contributed by atoms with E-state index in [1.165, 1.54) is 36.8 Å². The van der Waals surface area contributed by atoms with Crippen LogP contribution >= 0.6 is 0 Å². The zero-order valence-electron chi connectivity index (χ0n) is 20.1. The summed E-state index contributed by atoms with van der Waals surface area (Å²) in [6.45, 7) is 1.51. The van der Waals surface area contributed by atoms with Crippen molar-refractivity contribution >= 4 is 35.1 Å². The summed E-state index contributed by atoms with van der Waals surface area (Å²) < 4.78 is 15.5. The molecular weight excluding hydrogens is 464 g/mol. The van der Waals surface area contributed by atoms with Gasteiger partial charge in [-0.15, -0.1) is 0 Å². The third-order valence-corrected chi connectivity index (χ3v) is 7.26. The molecule has 1 N–H and O–H groups in total. The largest absolute Gasteiger partial charge is 0.497 e. The molecule has 1 aliphatic heterocycles. The molecule has 3 aliphatic rings. The molecule has 5 rings (SSSR count). The number of carbonyl (C=O) groups excluding carboxylic acids is 4. The maximum atomic E-state index is 13.1. The van der Waals surface area contributed by atoms with Crippen molar-refractivity contribution in [2.45, 2.75) is 13.3 Å². The second-order valence-electron chi connectivity index (χ2n) is 9.22. The normalized spacial score (nSPS) is 23.9. The molecule has 0 unspecified atom stereocenters. The Labute approximate surface area is 208 Å². The average molecular weight is 491 g/mol. The number of allylic oxidation sites excluding steroid dienone is 2. The molecule has 2 aromatic carbocycles. The highest BCUT2D eigenvalue weighted by Gasteiger charge is 2.60. The molecule has 1 saturated carbocycles. The molecule has 1 saturated heterocycles. The number of nitrogens with one attached hydrogen (secondary N) is 1. The van der Waals surface area contributed by atoms with Gasteiger partial charge in [0.2, 0.25) is 11.8 Å². The quantitative estimate of drug-likeness (QED) is 0.360. The van der Waals surface area contributed by atoms with E-state index in [2.05, 4.69) is 11.4 Å². The van der Waals surface area contributed by atoms with E-state index in [1.807, 2.05) is 6.92 Å². The van der Waals surface area contributed by atoms with Crippen LogP contribution in [0.1, 0.15) is 23.7 Å². The fourth-order valence-corrected chi connectivity index (χ4v) is 5.59. The maximum absolute atomic E-state index is 13.1. The molecule has 0 radical (unpaired) electrons. The van der Waals surface area contributed by atoms with Crippen molar-refractivity contribution in [1.82, 2.24) is 0 Å². The Morgan fingerprint density at radius 3 is 2.42 bits per heavy atom. The Kier molecular flexibility index (Phi) is 5.99. The van der Waals surface area contributed by atoms with Gasteiger partial charge in [0, 0.05) is 6.07 Å². The van der Waals surface area contributed by atoms with E-state index in [9.17, 15) is 19.2 Å². The molecule has 2 fully saturated rings. The van der Waals surface area contributed by atoms with Crippen molar-refractivity contribution in [3.8, 4) is 11.5 Å². The Bertz CT molecular complexity index is 1280. The van der Waals surface area contributed by atoms with E-state index in [-0.39, 0.29) is 41.0 Å². The van der Waals surface area contributed by atoms with E-state index >= 15 is 0 Å². The first-order chi connectivity index (χ1) is 17.3. The number of methoxy groups -OCH3 is 2. The number of hydrogen-bond acceptors (Lipinski definition) is 7. The lowest BCUT2D eigenvalue weighted by Crippen LogP contribution is -2.33. The van der Waals surface area contributed by atoms with Gasteiger partial charge in [-0.3, -0.25) is 19.3 Å². The summed E-state index contributed by atoms with van der Waals surface area (Å²) in [5, 5.41) is 2.63. The standard InChI is InChI=1S/C27H26N2O7/c1-14-10-16-11-19(14)24-23(16)25(31)29(26(24)32)17-6-4-15(5-7-17)27(33)36-13-22(30)28-20-12-18(34-2)8-9-21(20)35-3/h4-10,12,16,19,23-24H,11,13H2,1-3H3,(H,28,30)/t16-,19+,23+,24+/m0/s1. The monoisotopic (exact) mass is 490 g/mol. The second kappa shape index (κ2) is 9.14. The minimum Gasteiger partial charge on any atom is -0.497 e. The SMILES string of the molecule is COc1ccc(OC)c(NC(=O)COC(=O)c2ccc(N3C(=O)[C@H]4[C@H](C3=O)[C@H]3C=C(C)[C@H]4C3)cc2)c1. The fourth-order valence-electron chi connectivity index (χ4n) is 5.59. The highest BCUT2D eigenvalue weighted by Crippen LogP contribution is 2.55. The highest BCUT2D eigenvalue weighted by atomic mass is 16.5. The van der Waals surface area contributed by atoms with Crippen molar-refractivity contribution < 1.29 is 33.4 Å². The van der Waals surface area contributed by atoms with Gasteiger partial charge in [0.15, 0.2) is 6.61 Å². The minimum atomic E-state index is -0.705. The lowest BCUT2D eigenvalue weighted by Gasteiger charge is -2.19. The van der Waals surface area contributed by atoms with Crippen LogP contribution in [0.3, 0.4) is 0 Å². The molecule has 1 heterocycles. The number of amides is 3. The summed E-state index contributed by atoms with van der Waals surface area (Å²) in [6.07, 6.45) is 3.00. The first-order valence-electron chi connectivity index (χ1n) is 11.7. The topological polar surface area (TPSA) is 111 Å². The molecule has 9 heteroatoms. The number of benzene rings is 2. The molecule has 2 bridgehead atoms. The van der Waals surface area contributed by atoms with Crippen molar-refractivity contribution in [3.05, 3.63) is 59.7 Å². The van der Waals surface area contributed by atoms with E-state index in [1.54, 1.807) is 30.3 Å². The van der Waals surface area contributed by atoms with Crippen LogP contribution in [0.25, 0.3) is 0 Å². The molecule has 2 aromatic rings. The Morgan fingerprint density at radius 2 is 1.72 bits per heavy atom. The molecular formula is C27H26N2O7. The molecule has 186 valence electrons. The van der Waals surface area contributed by atoms with Gasteiger partial charge in [0.05, 0.1) is 43.0 Å². The van der Waals surface area contributed by atoms with E-state index in [4.69, 9.17) is 14.2 Å². The van der Waals surface area contributed by atoms with Crippen molar-refractivity contribution in [3.63, 3.8) is 0 Å². The summed E-state index contributed by atoms with van der Waals surface area (Å²) in [6, 6.07) is 11.0. The third-order valence-electron chi connectivity index (χ3n) is 7.26. The number of imide groups is 1. The minimum absolute atomic E-state index is 0.124. The predicted molar refractivity (Wildman–Crippen MR) is 130 cm³/mol. The average Bonchev–Trinajstić information content (AvgIpc) is 3.52. The van der Waals surface area contributed by atoms with E-state index in [0.717, 1.165) is 6.42 Å². The lowest BCUT2D eigenvalue weighted by atomic mass is 9.82. The van der Waals surface area contributed by atoms with Crippen molar-refractivity contribution in [2.24, 2.45) is 23.7 Å². The Morgan fingerprint density at radius 1 is 1.00 bits per heavy atom. The Balaban J connectivity index is 1.20. The summed E-state index contributed by atoms with van der Waals surface area (Å²) in [5.74, 6) is -0.978. The molecule has 36 heavy (non-hydrogen) atoms. The number of anilines is 2. The number of rotatable bonds is 7. The molecule has 4 atom stereocenters. The maximum Gasteiger partial charge on any atom is 0.338 e. The van der Waals surface area contributed by atoms with Crippen molar-refractivity contribution in [1.29, 1.82) is 0 Å². The molecule has 9 nitrogen and oxygen atoms in total. The van der Waals surface area contributed by atoms with Crippen LogP contribution in [-0.4, -0.2) is 44.5 Å². The Hall–Kier alpha value is -4.14. The van der Waals surface area contributed by atoms with Crippen LogP contribution in [0.2, 0.25) is 0 Å². The highest BCUT2D eigenvalue weighted by molar-refractivity contribution is 6.23. The van der Waals surface area contributed by atoms with Crippen LogP contribution < -0.4 is 19.7 Å². The fraction of sp³-hybridized carbons (Fsp3) is 0.333. The van der Waals surface area contributed by atoms with Crippen LogP contribution in [-0.2, 0) is 19.1 Å². The van der Waals surface area contributed by atoms with Gasteiger partial charge < -0.3 is 19.5 Å². The van der Waals surface area contributed by atoms with E-state index < -0.39 is 18.5 Å². The zero-order chi connectivity index (χ0) is 25.6. The van der Waals surface area contributed by atoms with Crippen molar-refractivity contribution in [2.75, 3.05) is 31.0 Å². The number of hydrogen-bond donors (Lipinski definition) is 1. The van der Waals surface area contributed by atoms with Gasteiger partial charge in [-0.1, -0.05) is 11.6 Å². The van der Waals surface area contributed by atoms with Gasteiger partial charge >= 0.3 is 5.97 Å². The number of esters is 1. The number of ether oxygens (including phenoxy) is 3. The van der Waals surface area contributed by atoms with Crippen LogP contribution in [0, 0.1) is 23.7 Å². The third kappa shape index (κ3) is 3.90. The van der Waals surface area contributed by atoms with Crippen LogP contribution in [0.5, 0.6) is 11.5 Å². The number of carbonyl (C=O) groups is 4. The summed E-state index contributed by atoms with van der Waals surface area (Å²) >= 11 is 0. The smallest absolute Gasteiger partial charge is 0.338 e. The van der Waals surface area contributed by atoms with Crippen LogP contribution in [0.15, 0.2) is 54.1 Å². The molecule has 2 aliphatic carbocycles. The molecule has 0 aromatic heterocycles. The summed E-state index contributed by atoms with van der Waals surface area (Å²) in [4.78, 5) is 52.2. The summed E-state index contributed by atoms with van der Waals surface area (Å²) in [5.41, 5.74) is 2.19. The first kappa shape index (κ1) is 23.6. The number of fused-ring (bicyclic) bond motifs is 5. The summed E-state index contributed by atoms with van der Waals surface area (Å²) in [7, 11) is 2.97. The second-order valence-corrected chi connectivity index (χ2v) is 9.22. The number of nitrogens with zero attached hydrogens (tertiary/aromatic N) is 1. The van der Waals surface area contributed by atoms with Gasteiger partial charge in [-0.25, -0.2) is 4.79 Å². The van der Waals surface area contributed by atoms with Gasteiger partial charge in [0.25, 0.3) is 5.91 Å². The lowest BCUT2D eigenvalue weighted by molar-refractivity contribution is -0.123.